The quantitative estimate of drug-likeness (QED) is 0.689. The number of hydrogen-bond acceptors (Lipinski definition) is 7. The molecule has 0 bridgehead atoms. The third-order valence-corrected chi connectivity index (χ3v) is 6.18. The van der Waals surface area contributed by atoms with Crippen LogP contribution < -0.4 is 4.74 Å². The number of thioether (sulfide) groups is 1. The van der Waals surface area contributed by atoms with Crippen molar-refractivity contribution < 1.29 is 14.1 Å². The highest BCUT2D eigenvalue weighted by Crippen LogP contribution is 2.24. The van der Waals surface area contributed by atoms with E-state index in [9.17, 15) is 10.1 Å². The van der Waals surface area contributed by atoms with Crippen LogP contribution in [0.25, 0.3) is 0 Å². The predicted octanol–water partition coefficient (Wildman–Crippen LogP) is 2.94. The molecule has 0 N–H and O–H groups in total. The lowest BCUT2D eigenvalue weighted by Crippen LogP contribution is -2.50. The zero-order valence-corrected chi connectivity index (χ0v) is 17.9. The van der Waals surface area contributed by atoms with E-state index in [-0.39, 0.29) is 11.9 Å². The van der Waals surface area contributed by atoms with Gasteiger partial charge < -0.3 is 14.2 Å². The summed E-state index contributed by atoms with van der Waals surface area (Å²) in [6.07, 6.45) is 0. The number of piperazine rings is 1. The maximum atomic E-state index is 12.6. The molecule has 1 aromatic carbocycles. The van der Waals surface area contributed by atoms with Gasteiger partial charge in [-0.3, -0.25) is 9.69 Å². The molecule has 1 atom stereocenters. The molecule has 1 saturated heterocycles. The Hall–Kier alpha value is -2.50. The van der Waals surface area contributed by atoms with Crippen LogP contribution >= 0.6 is 11.8 Å². The summed E-state index contributed by atoms with van der Waals surface area (Å²) in [5.41, 5.74) is 2.91. The highest BCUT2D eigenvalue weighted by molar-refractivity contribution is 7.99. The summed E-state index contributed by atoms with van der Waals surface area (Å²) in [5.74, 6) is 2.89. The topological polar surface area (TPSA) is 82.6 Å². The minimum atomic E-state index is -0.313. The first kappa shape index (κ1) is 21.2. The number of methoxy groups -OCH3 is 1. The van der Waals surface area contributed by atoms with Crippen LogP contribution in [-0.2, 0) is 10.5 Å². The lowest BCUT2D eigenvalue weighted by molar-refractivity contribution is -0.130. The van der Waals surface area contributed by atoms with E-state index in [0.29, 0.717) is 31.9 Å². The van der Waals surface area contributed by atoms with Gasteiger partial charge in [-0.2, -0.15) is 5.26 Å². The fourth-order valence-corrected chi connectivity index (χ4v) is 4.50. The number of amides is 1. The van der Waals surface area contributed by atoms with Crippen molar-refractivity contribution in [2.24, 2.45) is 0 Å². The van der Waals surface area contributed by atoms with Crippen LogP contribution in [0.5, 0.6) is 5.75 Å². The van der Waals surface area contributed by atoms with E-state index >= 15 is 0 Å². The summed E-state index contributed by atoms with van der Waals surface area (Å²) >= 11 is 1.58. The fourth-order valence-electron chi connectivity index (χ4n) is 3.42. The van der Waals surface area contributed by atoms with Crippen LogP contribution in [0.2, 0.25) is 0 Å². The molecule has 1 aliphatic heterocycles. The van der Waals surface area contributed by atoms with E-state index < -0.39 is 0 Å². The van der Waals surface area contributed by atoms with Gasteiger partial charge in [-0.1, -0.05) is 17.3 Å². The van der Waals surface area contributed by atoms with Crippen molar-refractivity contribution in [3.63, 3.8) is 0 Å². The molecular formula is C21H26N4O3S. The van der Waals surface area contributed by atoms with Crippen molar-refractivity contribution in [1.82, 2.24) is 15.0 Å². The Balaban J connectivity index is 1.48. The molecule has 1 unspecified atom stereocenters. The Labute approximate surface area is 175 Å². The van der Waals surface area contributed by atoms with Gasteiger partial charge >= 0.3 is 0 Å². The number of rotatable bonds is 7. The minimum Gasteiger partial charge on any atom is -0.497 e. The average molecular weight is 415 g/mol. The van der Waals surface area contributed by atoms with Gasteiger partial charge in [-0.25, -0.2) is 0 Å². The van der Waals surface area contributed by atoms with Gasteiger partial charge in [0.1, 0.15) is 17.6 Å². The second-order valence-electron chi connectivity index (χ2n) is 7.02. The Kier molecular flexibility index (Phi) is 7.18. The predicted molar refractivity (Wildman–Crippen MR) is 112 cm³/mol. The number of nitrogens with zero attached hydrogens (tertiary/aromatic N) is 4. The summed E-state index contributed by atoms with van der Waals surface area (Å²) in [6.45, 7) is 6.46. The number of benzene rings is 1. The molecule has 0 saturated carbocycles. The van der Waals surface area contributed by atoms with Crippen LogP contribution in [-0.4, -0.2) is 59.9 Å². The smallest absolute Gasteiger partial charge is 0.232 e. The van der Waals surface area contributed by atoms with Crippen LogP contribution in [0.4, 0.5) is 0 Å². The van der Waals surface area contributed by atoms with Crippen molar-refractivity contribution in [2.45, 2.75) is 25.6 Å². The molecule has 0 radical (unpaired) electrons. The maximum Gasteiger partial charge on any atom is 0.232 e. The molecular weight excluding hydrogens is 388 g/mol. The lowest BCUT2D eigenvalue weighted by Gasteiger charge is -2.37. The SMILES string of the molecule is COc1ccc(C(C#N)N2CCN(C(=O)CSCc3c(C)noc3C)CC2)cc1. The highest BCUT2D eigenvalue weighted by Gasteiger charge is 2.27. The first-order valence-corrected chi connectivity index (χ1v) is 10.7. The summed E-state index contributed by atoms with van der Waals surface area (Å²) in [5, 5.41) is 13.6. The van der Waals surface area contributed by atoms with Crippen molar-refractivity contribution in [2.75, 3.05) is 39.0 Å². The fraction of sp³-hybridized carbons (Fsp3) is 0.476. The molecule has 8 heteroatoms. The van der Waals surface area contributed by atoms with Crippen LogP contribution in [0, 0.1) is 25.2 Å². The molecule has 154 valence electrons. The van der Waals surface area contributed by atoms with Crippen molar-refractivity contribution in [3.05, 3.63) is 46.8 Å². The van der Waals surface area contributed by atoms with Gasteiger partial charge in [0.15, 0.2) is 0 Å². The van der Waals surface area contributed by atoms with E-state index in [0.717, 1.165) is 34.1 Å². The molecule has 1 fully saturated rings. The van der Waals surface area contributed by atoms with Crippen molar-refractivity contribution >= 4 is 17.7 Å². The number of carbonyl (C=O) groups excluding carboxylic acids is 1. The van der Waals surface area contributed by atoms with E-state index in [1.54, 1.807) is 18.9 Å². The molecule has 1 aliphatic rings. The van der Waals surface area contributed by atoms with Crippen molar-refractivity contribution in [1.29, 1.82) is 5.26 Å². The van der Waals surface area contributed by atoms with Gasteiger partial charge in [0.2, 0.25) is 5.91 Å². The summed E-state index contributed by atoms with van der Waals surface area (Å²) in [7, 11) is 1.62. The first-order valence-electron chi connectivity index (χ1n) is 9.58. The number of hydrogen-bond donors (Lipinski definition) is 0. The number of ether oxygens (including phenoxy) is 1. The van der Waals surface area contributed by atoms with Crippen LogP contribution in [0.1, 0.15) is 28.6 Å². The van der Waals surface area contributed by atoms with E-state index in [4.69, 9.17) is 9.26 Å². The monoisotopic (exact) mass is 414 g/mol. The van der Waals surface area contributed by atoms with Crippen LogP contribution in [0.15, 0.2) is 28.8 Å². The molecule has 29 heavy (non-hydrogen) atoms. The van der Waals surface area contributed by atoms with E-state index in [1.165, 1.54) is 0 Å². The van der Waals surface area contributed by atoms with Gasteiger partial charge in [0.05, 0.1) is 24.6 Å². The zero-order valence-electron chi connectivity index (χ0n) is 17.1. The third-order valence-electron chi connectivity index (χ3n) is 5.24. The first-order chi connectivity index (χ1) is 14.0. The Bertz CT molecular complexity index is 848. The third kappa shape index (κ3) is 5.11. The van der Waals surface area contributed by atoms with Gasteiger partial charge in [-0.15, -0.1) is 11.8 Å². The molecule has 2 aromatic rings. The van der Waals surface area contributed by atoms with Gasteiger partial charge in [-0.05, 0) is 31.5 Å². The molecule has 1 aromatic heterocycles. The van der Waals surface area contributed by atoms with Gasteiger partial charge in [0, 0.05) is 37.5 Å². The van der Waals surface area contributed by atoms with E-state index in [1.807, 2.05) is 43.0 Å². The summed E-state index contributed by atoms with van der Waals surface area (Å²) in [6, 6.07) is 9.67. The number of nitriles is 1. The normalized spacial score (nSPS) is 15.7. The lowest BCUT2D eigenvalue weighted by atomic mass is 10.1. The molecule has 7 nitrogen and oxygen atoms in total. The Morgan fingerprint density at radius 3 is 2.52 bits per heavy atom. The second-order valence-corrected chi connectivity index (χ2v) is 8.00. The average Bonchev–Trinajstić information content (AvgIpc) is 3.07. The number of aryl methyl sites for hydroxylation is 2. The van der Waals surface area contributed by atoms with Crippen molar-refractivity contribution in [3.8, 4) is 11.8 Å². The Morgan fingerprint density at radius 2 is 1.97 bits per heavy atom. The van der Waals surface area contributed by atoms with Gasteiger partial charge in [0.25, 0.3) is 0 Å². The maximum absolute atomic E-state index is 12.6. The van der Waals surface area contributed by atoms with E-state index in [2.05, 4.69) is 16.1 Å². The summed E-state index contributed by atoms with van der Waals surface area (Å²) < 4.78 is 10.4. The standard InChI is InChI=1S/C21H26N4O3S/c1-15-19(16(2)28-23-15)13-29-14-21(26)25-10-8-24(9-11-25)20(12-22)17-4-6-18(27-3)7-5-17/h4-7,20H,8-11,13-14H2,1-3H3. The Morgan fingerprint density at radius 1 is 1.28 bits per heavy atom. The minimum absolute atomic E-state index is 0.138. The molecule has 0 spiro atoms. The molecule has 3 rings (SSSR count). The largest absolute Gasteiger partial charge is 0.497 e. The molecule has 2 heterocycles. The number of carbonyl (C=O) groups is 1. The van der Waals surface area contributed by atoms with Crippen LogP contribution in [0.3, 0.4) is 0 Å². The second kappa shape index (κ2) is 9.81. The highest BCUT2D eigenvalue weighted by atomic mass is 32.2. The molecule has 0 aliphatic carbocycles. The zero-order chi connectivity index (χ0) is 20.8. The number of aromatic nitrogens is 1. The summed E-state index contributed by atoms with van der Waals surface area (Å²) in [4.78, 5) is 16.6. The molecule has 1 amide bonds.